The van der Waals surface area contributed by atoms with E-state index in [9.17, 15) is 4.79 Å². The van der Waals surface area contributed by atoms with Crippen LogP contribution in [0.15, 0.2) is 10.7 Å². The number of ether oxygens (including phenoxy) is 1. The van der Waals surface area contributed by atoms with E-state index in [2.05, 4.69) is 5.16 Å². The van der Waals surface area contributed by atoms with Crippen LogP contribution in [0.5, 0.6) is 0 Å². The lowest BCUT2D eigenvalue weighted by molar-refractivity contribution is 0.00752. The molecule has 5 heteroatoms. The van der Waals surface area contributed by atoms with Gasteiger partial charge in [0.25, 0.3) is 5.91 Å². The molecule has 0 radical (unpaired) electrons. The van der Waals surface area contributed by atoms with Crippen LogP contribution >= 0.6 is 0 Å². The predicted molar refractivity (Wildman–Crippen MR) is 64.2 cm³/mol. The van der Waals surface area contributed by atoms with Gasteiger partial charge in [-0.15, -0.1) is 0 Å². The zero-order valence-corrected chi connectivity index (χ0v) is 10.8. The van der Waals surface area contributed by atoms with Crippen LogP contribution in [-0.4, -0.2) is 41.3 Å². The Labute approximate surface area is 106 Å². The highest BCUT2D eigenvalue weighted by Crippen LogP contribution is 2.40. The van der Waals surface area contributed by atoms with Crippen molar-refractivity contribution in [3.8, 4) is 0 Å². The quantitative estimate of drug-likeness (QED) is 0.818. The number of hydrogen-bond donors (Lipinski definition) is 0. The molecule has 2 bridgehead atoms. The normalized spacial score (nSPS) is 30.1. The number of aryl methyl sites for hydroxylation is 1. The van der Waals surface area contributed by atoms with Crippen molar-refractivity contribution in [3.05, 3.63) is 17.5 Å². The molecular weight excluding hydrogens is 232 g/mol. The number of carbonyl (C=O) groups excluding carboxylic acids is 1. The first kappa shape index (κ1) is 11.7. The molecule has 3 atom stereocenters. The number of rotatable bonds is 3. The van der Waals surface area contributed by atoms with E-state index >= 15 is 0 Å². The largest absolute Gasteiger partial charge is 0.378 e. The van der Waals surface area contributed by atoms with Gasteiger partial charge in [0.1, 0.15) is 11.3 Å². The van der Waals surface area contributed by atoms with Crippen LogP contribution in [-0.2, 0) is 4.74 Å². The van der Waals surface area contributed by atoms with E-state index in [-0.39, 0.29) is 5.91 Å². The number of piperidine rings is 1. The van der Waals surface area contributed by atoms with Gasteiger partial charge in [-0.2, -0.15) is 0 Å². The van der Waals surface area contributed by atoms with E-state index in [0.717, 1.165) is 26.0 Å². The summed E-state index contributed by atoms with van der Waals surface area (Å²) in [5.74, 6) is 1.15. The summed E-state index contributed by atoms with van der Waals surface area (Å²) in [6, 6.07) is 0.327. The van der Waals surface area contributed by atoms with Gasteiger partial charge in [-0.3, -0.25) is 4.79 Å². The van der Waals surface area contributed by atoms with E-state index < -0.39 is 0 Å². The first-order valence-corrected chi connectivity index (χ1v) is 6.54. The smallest absolute Gasteiger partial charge is 0.259 e. The van der Waals surface area contributed by atoms with Gasteiger partial charge in [0.05, 0.1) is 12.3 Å². The fourth-order valence-corrected chi connectivity index (χ4v) is 3.23. The molecule has 0 aromatic carbocycles. The summed E-state index contributed by atoms with van der Waals surface area (Å²) in [7, 11) is 0. The first-order valence-electron chi connectivity index (χ1n) is 6.54. The Bertz CT molecular complexity index is 457. The molecule has 1 saturated heterocycles. The number of nitrogens with zero attached hydrogens (tertiary/aromatic N) is 2. The van der Waals surface area contributed by atoms with Gasteiger partial charge in [0, 0.05) is 25.1 Å². The highest BCUT2D eigenvalue weighted by molar-refractivity contribution is 5.95. The molecule has 1 saturated carbocycles. The van der Waals surface area contributed by atoms with Gasteiger partial charge in [0.2, 0.25) is 0 Å². The third-order valence-corrected chi connectivity index (χ3v) is 4.10. The molecule has 2 fully saturated rings. The third kappa shape index (κ3) is 1.73. The number of fused-ring (bicyclic) bond motifs is 2. The average molecular weight is 250 g/mol. The van der Waals surface area contributed by atoms with Crippen molar-refractivity contribution >= 4 is 5.91 Å². The second kappa shape index (κ2) is 4.39. The SMILES string of the molecule is CCO[C@H]1CC2CC1CN2C(=O)c1cnoc1C. The number of aromatic nitrogens is 1. The number of hydrogen-bond acceptors (Lipinski definition) is 4. The molecule has 1 aromatic heterocycles. The van der Waals surface area contributed by atoms with Crippen LogP contribution < -0.4 is 0 Å². The van der Waals surface area contributed by atoms with Crippen molar-refractivity contribution < 1.29 is 14.1 Å². The Morgan fingerprint density at radius 2 is 2.44 bits per heavy atom. The molecular formula is C13H18N2O3. The van der Waals surface area contributed by atoms with Crippen molar-refractivity contribution in [2.24, 2.45) is 5.92 Å². The fraction of sp³-hybridized carbons (Fsp3) is 0.692. The van der Waals surface area contributed by atoms with E-state index in [1.807, 2.05) is 11.8 Å². The molecule has 18 heavy (non-hydrogen) atoms. The monoisotopic (exact) mass is 250 g/mol. The summed E-state index contributed by atoms with van der Waals surface area (Å²) >= 11 is 0. The number of likely N-dealkylation sites (tertiary alicyclic amines) is 1. The average Bonchev–Trinajstić information content (AvgIpc) is 3.03. The van der Waals surface area contributed by atoms with Crippen molar-refractivity contribution in [2.45, 2.75) is 38.8 Å². The van der Waals surface area contributed by atoms with Crippen LogP contribution in [0.25, 0.3) is 0 Å². The van der Waals surface area contributed by atoms with Crippen LogP contribution in [0.4, 0.5) is 0 Å². The van der Waals surface area contributed by atoms with Gasteiger partial charge < -0.3 is 14.2 Å². The lowest BCUT2D eigenvalue weighted by Gasteiger charge is -2.31. The lowest BCUT2D eigenvalue weighted by atomic mass is 10.1. The molecule has 2 aliphatic rings. The maximum atomic E-state index is 12.4. The molecule has 1 aliphatic heterocycles. The summed E-state index contributed by atoms with van der Waals surface area (Å²) in [4.78, 5) is 14.3. The van der Waals surface area contributed by atoms with Crippen LogP contribution in [0.3, 0.4) is 0 Å². The number of amides is 1. The molecule has 1 aromatic rings. The Hall–Kier alpha value is -1.36. The summed E-state index contributed by atoms with van der Waals surface area (Å²) in [5, 5.41) is 3.67. The minimum atomic E-state index is 0.0520. The van der Waals surface area contributed by atoms with Crippen LogP contribution in [0.2, 0.25) is 0 Å². The van der Waals surface area contributed by atoms with Crippen LogP contribution in [0, 0.1) is 12.8 Å². The van der Waals surface area contributed by atoms with Gasteiger partial charge >= 0.3 is 0 Å². The Kier molecular flexibility index (Phi) is 2.86. The second-order valence-electron chi connectivity index (χ2n) is 5.13. The minimum Gasteiger partial charge on any atom is -0.378 e. The van der Waals surface area contributed by atoms with E-state index in [4.69, 9.17) is 9.26 Å². The van der Waals surface area contributed by atoms with E-state index in [1.54, 1.807) is 6.92 Å². The van der Waals surface area contributed by atoms with E-state index in [0.29, 0.717) is 29.4 Å². The third-order valence-electron chi connectivity index (χ3n) is 4.10. The zero-order chi connectivity index (χ0) is 12.7. The maximum Gasteiger partial charge on any atom is 0.259 e. The highest BCUT2D eigenvalue weighted by Gasteiger charge is 2.47. The molecule has 5 nitrogen and oxygen atoms in total. The van der Waals surface area contributed by atoms with Crippen molar-refractivity contribution in [3.63, 3.8) is 0 Å². The Morgan fingerprint density at radius 3 is 3.00 bits per heavy atom. The van der Waals surface area contributed by atoms with Gasteiger partial charge in [-0.1, -0.05) is 5.16 Å². The molecule has 0 N–H and O–H groups in total. The minimum absolute atomic E-state index is 0.0520. The van der Waals surface area contributed by atoms with E-state index in [1.165, 1.54) is 6.20 Å². The molecule has 98 valence electrons. The predicted octanol–water partition coefficient (Wildman–Crippen LogP) is 1.62. The molecule has 2 unspecified atom stereocenters. The van der Waals surface area contributed by atoms with Crippen molar-refractivity contribution in [2.75, 3.05) is 13.2 Å². The topological polar surface area (TPSA) is 55.6 Å². The van der Waals surface area contributed by atoms with Gasteiger partial charge in [-0.05, 0) is 26.7 Å². The molecule has 2 heterocycles. The second-order valence-corrected chi connectivity index (χ2v) is 5.13. The van der Waals surface area contributed by atoms with Gasteiger partial charge in [0.15, 0.2) is 0 Å². The van der Waals surface area contributed by atoms with Gasteiger partial charge in [-0.25, -0.2) is 0 Å². The fourth-order valence-electron chi connectivity index (χ4n) is 3.23. The summed E-state index contributed by atoms with van der Waals surface area (Å²) in [5.41, 5.74) is 0.593. The standard InChI is InChI=1S/C13H18N2O3/c1-3-17-12-5-10-4-9(12)7-15(10)13(16)11-6-14-18-8(11)2/h6,9-10,12H,3-5,7H2,1-2H3/t9?,10?,12-/m0/s1. The van der Waals surface area contributed by atoms with Crippen LogP contribution in [0.1, 0.15) is 35.9 Å². The highest BCUT2D eigenvalue weighted by atomic mass is 16.5. The molecule has 0 spiro atoms. The molecule has 1 amide bonds. The summed E-state index contributed by atoms with van der Waals surface area (Å²) in [6.07, 6.45) is 3.89. The Balaban J connectivity index is 1.71. The van der Waals surface area contributed by atoms with Crippen molar-refractivity contribution in [1.82, 2.24) is 10.1 Å². The summed E-state index contributed by atoms with van der Waals surface area (Å²) < 4.78 is 10.7. The van der Waals surface area contributed by atoms with Crippen molar-refractivity contribution in [1.29, 1.82) is 0 Å². The first-order chi connectivity index (χ1) is 8.70. The zero-order valence-electron chi connectivity index (χ0n) is 10.8. The lowest BCUT2D eigenvalue weighted by Crippen LogP contribution is -2.42. The number of carbonyl (C=O) groups is 1. The molecule has 3 rings (SSSR count). The molecule has 1 aliphatic carbocycles. The maximum absolute atomic E-state index is 12.4. The Morgan fingerprint density at radius 1 is 1.61 bits per heavy atom. The summed E-state index contributed by atoms with van der Waals surface area (Å²) in [6.45, 7) is 5.36.